The number of rotatable bonds is 3. The molecule has 60 valence electrons. The van der Waals surface area contributed by atoms with E-state index in [9.17, 15) is 9.36 Å². The van der Waals surface area contributed by atoms with Crippen LogP contribution in [0.15, 0.2) is 0 Å². The number of carbonyl (C=O) groups excluding carboxylic acids is 1. The minimum absolute atomic E-state index is 0.144. The molecule has 0 aromatic carbocycles. The van der Waals surface area contributed by atoms with E-state index in [1.807, 2.05) is 0 Å². The second-order valence-electron chi connectivity index (χ2n) is 1.83. The zero-order valence-electron chi connectivity index (χ0n) is 5.57. The van der Waals surface area contributed by atoms with Crippen molar-refractivity contribution in [1.82, 2.24) is 5.09 Å². The van der Waals surface area contributed by atoms with E-state index in [1.165, 1.54) is 0 Å². The van der Waals surface area contributed by atoms with Crippen molar-refractivity contribution in [3.8, 4) is 0 Å². The molecule has 5 nitrogen and oxygen atoms in total. The third-order valence-electron chi connectivity index (χ3n) is 0.747. The van der Waals surface area contributed by atoms with Gasteiger partial charge in [-0.1, -0.05) is 6.92 Å². The SMILES string of the molecule is CCCC(=O)NP(=O)(O)O. The zero-order valence-corrected chi connectivity index (χ0v) is 6.47. The number of amides is 1. The van der Waals surface area contributed by atoms with Crippen LogP contribution in [0.1, 0.15) is 19.8 Å². The lowest BCUT2D eigenvalue weighted by atomic mass is 10.3. The number of hydrogen-bond donors (Lipinski definition) is 3. The van der Waals surface area contributed by atoms with Crippen LogP contribution in [-0.2, 0) is 9.36 Å². The van der Waals surface area contributed by atoms with E-state index in [-0.39, 0.29) is 6.42 Å². The van der Waals surface area contributed by atoms with Crippen LogP contribution in [0, 0.1) is 0 Å². The maximum atomic E-state index is 10.5. The summed E-state index contributed by atoms with van der Waals surface area (Å²) in [6.45, 7) is 1.75. The lowest BCUT2D eigenvalue weighted by molar-refractivity contribution is -0.119. The standard InChI is InChI=1S/C4H10NO4P/c1-2-3-4(6)5-10(7,8)9/h2-3H2,1H3,(H3,5,6,7,8,9). The third kappa shape index (κ3) is 5.75. The fraction of sp³-hybridized carbons (Fsp3) is 0.750. The maximum Gasteiger partial charge on any atom is 0.429 e. The van der Waals surface area contributed by atoms with Gasteiger partial charge in [0.2, 0.25) is 5.91 Å². The second kappa shape index (κ2) is 3.71. The molecule has 0 saturated carbocycles. The van der Waals surface area contributed by atoms with Gasteiger partial charge in [0, 0.05) is 6.42 Å². The van der Waals surface area contributed by atoms with Gasteiger partial charge in [-0.15, -0.1) is 0 Å². The Morgan fingerprint density at radius 3 is 2.40 bits per heavy atom. The highest BCUT2D eigenvalue weighted by Crippen LogP contribution is 2.27. The van der Waals surface area contributed by atoms with Crippen molar-refractivity contribution >= 4 is 13.7 Å². The van der Waals surface area contributed by atoms with Gasteiger partial charge in [-0.05, 0) is 6.42 Å². The van der Waals surface area contributed by atoms with Crippen molar-refractivity contribution in [3.05, 3.63) is 0 Å². The number of hydrogen-bond acceptors (Lipinski definition) is 2. The molecule has 0 radical (unpaired) electrons. The van der Waals surface area contributed by atoms with Gasteiger partial charge >= 0.3 is 7.75 Å². The predicted octanol–water partition coefficient (Wildman–Crippen LogP) is -0.00460. The molecular weight excluding hydrogens is 157 g/mol. The molecule has 0 aliphatic heterocycles. The molecule has 3 N–H and O–H groups in total. The van der Waals surface area contributed by atoms with Gasteiger partial charge in [-0.2, -0.15) is 0 Å². The Kier molecular flexibility index (Phi) is 3.57. The van der Waals surface area contributed by atoms with Crippen molar-refractivity contribution in [2.24, 2.45) is 0 Å². The Balaban J connectivity index is 3.70. The summed E-state index contributed by atoms with van der Waals surface area (Å²) in [6.07, 6.45) is 0.719. The Morgan fingerprint density at radius 1 is 1.60 bits per heavy atom. The van der Waals surface area contributed by atoms with Crippen LogP contribution in [-0.4, -0.2) is 15.7 Å². The molecule has 10 heavy (non-hydrogen) atoms. The van der Waals surface area contributed by atoms with Gasteiger partial charge in [-0.25, -0.2) is 4.57 Å². The first-order chi connectivity index (χ1) is 4.45. The molecule has 0 spiro atoms. The lowest BCUT2D eigenvalue weighted by Crippen LogP contribution is -2.18. The summed E-state index contributed by atoms with van der Waals surface area (Å²) < 4.78 is 10.1. The van der Waals surface area contributed by atoms with Crippen molar-refractivity contribution in [1.29, 1.82) is 0 Å². The first-order valence-electron chi connectivity index (χ1n) is 2.82. The van der Waals surface area contributed by atoms with Crippen molar-refractivity contribution in [2.45, 2.75) is 19.8 Å². The number of nitrogens with one attached hydrogen (secondary N) is 1. The van der Waals surface area contributed by atoms with Gasteiger partial charge in [-0.3, -0.25) is 9.88 Å². The zero-order chi connectivity index (χ0) is 8.20. The molecule has 0 aliphatic rings. The van der Waals surface area contributed by atoms with Gasteiger partial charge in [0.1, 0.15) is 0 Å². The number of carbonyl (C=O) groups is 1. The summed E-state index contributed by atoms with van der Waals surface area (Å²) in [4.78, 5) is 26.8. The molecule has 0 aromatic heterocycles. The van der Waals surface area contributed by atoms with Crippen LogP contribution in [0.3, 0.4) is 0 Å². The predicted molar refractivity (Wildman–Crippen MR) is 35.1 cm³/mol. The molecule has 0 unspecified atom stereocenters. The van der Waals surface area contributed by atoms with E-state index < -0.39 is 13.7 Å². The fourth-order valence-corrected chi connectivity index (χ4v) is 0.882. The molecule has 0 heterocycles. The topological polar surface area (TPSA) is 86.6 Å². The average molecular weight is 167 g/mol. The van der Waals surface area contributed by atoms with E-state index >= 15 is 0 Å². The van der Waals surface area contributed by atoms with Crippen LogP contribution < -0.4 is 5.09 Å². The normalized spacial score (nSPS) is 11.1. The van der Waals surface area contributed by atoms with Crippen LogP contribution in [0.4, 0.5) is 0 Å². The molecule has 0 aliphatic carbocycles. The van der Waals surface area contributed by atoms with E-state index in [2.05, 4.69) is 0 Å². The molecule has 0 rings (SSSR count). The van der Waals surface area contributed by atoms with E-state index in [0.29, 0.717) is 6.42 Å². The maximum absolute atomic E-state index is 10.5. The highest BCUT2D eigenvalue weighted by molar-refractivity contribution is 7.50. The summed E-state index contributed by atoms with van der Waals surface area (Å²) in [5.74, 6) is -0.615. The van der Waals surface area contributed by atoms with E-state index in [4.69, 9.17) is 9.79 Å². The van der Waals surface area contributed by atoms with Gasteiger partial charge in [0.05, 0.1) is 0 Å². The van der Waals surface area contributed by atoms with Gasteiger partial charge in [0.25, 0.3) is 0 Å². The first-order valence-corrected chi connectivity index (χ1v) is 4.43. The summed E-state index contributed by atoms with van der Waals surface area (Å²) in [7, 11) is -4.35. The second-order valence-corrected chi connectivity index (χ2v) is 3.14. The summed E-state index contributed by atoms with van der Waals surface area (Å²) in [5, 5.41) is 1.55. The highest BCUT2D eigenvalue weighted by Gasteiger charge is 2.15. The monoisotopic (exact) mass is 167 g/mol. The first kappa shape index (κ1) is 9.62. The Morgan fingerprint density at radius 2 is 2.10 bits per heavy atom. The van der Waals surface area contributed by atoms with Gasteiger partial charge in [0.15, 0.2) is 0 Å². The molecule has 0 bridgehead atoms. The molecule has 0 saturated heterocycles. The van der Waals surface area contributed by atoms with Crippen molar-refractivity contribution in [2.75, 3.05) is 0 Å². The average Bonchev–Trinajstić information content (AvgIpc) is 1.59. The van der Waals surface area contributed by atoms with Crippen molar-refractivity contribution < 1.29 is 19.1 Å². The van der Waals surface area contributed by atoms with E-state index in [1.54, 1.807) is 12.0 Å². The lowest BCUT2D eigenvalue weighted by Gasteiger charge is -2.03. The van der Waals surface area contributed by atoms with Crippen LogP contribution in [0.5, 0.6) is 0 Å². The summed E-state index contributed by atoms with van der Waals surface area (Å²) in [5.41, 5.74) is 0. The minimum atomic E-state index is -4.35. The Bertz CT molecular complexity index is 163. The molecule has 0 atom stereocenters. The minimum Gasteiger partial charge on any atom is -0.308 e. The van der Waals surface area contributed by atoms with Gasteiger partial charge < -0.3 is 9.79 Å². The molecule has 0 aromatic rings. The van der Waals surface area contributed by atoms with Crippen LogP contribution in [0.25, 0.3) is 0 Å². The third-order valence-corrected chi connectivity index (χ3v) is 1.29. The largest absolute Gasteiger partial charge is 0.429 e. The molecule has 0 fully saturated rings. The van der Waals surface area contributed by atoms with Crippen LogP contribution in [0.2, 0.25) is 0 Å². The smallest absolute Gasteiger partial charge is 0.308 e. The quantitative estimate of drug-likeness (QED) is 0.516. The molecular formula is C4H10NO4P. The highest BCUT2D eigenvalue weighted by atomic mass is 31.2. The summed E-state index contributed by atoms with van der Waals surface area (Å²) in [6, 6.07) is 0. The molecule has 1 amide bonds. The van der Waals surface area contributed by atoms with Crippen LogP contribution >= 0.6 is 7.75 Å². The summed E-state index contributed by atoms with van der Waals surface area (Å²) >= 11 is 0. The Labute approximate surface area is 58.7 Å². The Hall–Kier alpha value is -0.380. The molecule has 6 heteroatoms. The van der Waals surface area contributed by atoms with E-state index in [0.717, 1.165) is 0 Å². The fourth-order valence-electron chi connectivity index (χ4n) is 0.445. The van der Waals surface area contributed by atoms with Crippen molar-refractivity contribution in [3.63, 3.8) is 0 Å².